The van der Waals surface area contributed by atoms with Crippen LogP contribution in [0.4, 0.5) is 9.52 Å². The quantitative estimate of drug-likeness (QED) is 0.213. The zero-order chi connectivity index (χ0) is 26.4. The number of rotatable bonds is 10. The fourth-order valence-corrected chi connectivity index (χ4v) is 4.41. The van der Waals surface area contributed by atoms with Gasteiger partial charge in [0.05, 0.1) is 29.5 Å². The van der Waals surface area contributed by atoms with E-state index < -0.39 is 17.7 Å². The molecule has 0 saturated carbocycles. The number of methoxy groups -OCH3 is 1. The van der Waals surface area contributed by atoms with E-state index in [2.05, 4.69) is 10.3 Å². The SMILES string of the molecule is CO/C(=C\c1c(Cl)cc(C(=O)Nc2nc(-c3cccc(COCC(C)C)c3F)cs2)cc1Cl)C(=O)O. The Morgan fingerprint density at radius 2 is 1.94 bits per heavy atom. The van der Waals surface area contributed by atoms with Crippen LogP contribution in [-0.4, -0.2) is 35.7 Å². The Balaban J connectivity index is 1.78. The van der Waals surface area contributed by atoms with Crippen molar-refractivity contribution in [2.45, 2.75) is 20.5 Å². The minimum absolute atomic E-state index is 0.0573. The summed E-state index contributed by atoms with van der Waals surface area (Å²) in [5, 5.41) is 13.8. The number of nitrogens with zero attached hydrogens (tertiary/aromatic N) is 1. The lowest BCUT2D eigenvalue weighted by Crippen LogP contribution is -2.12. The summed E-state index contributed by atoms with van der Waals surface area (Å²) in [5.41, 5.74) is 1.41. The number of hydrogen-bond donors (Lipinski definition) is 2. The highest BCUT2D eigenvalue weighted by molar-refractivity contribution is 7.14. The van der Waals surface area contributed by atoms with Gasteiger partial charge < -0.3 is 14.6 Å². The summed E-state index contributed by atoms with van der Waals surface area (Å²) in [6.07, 6.45) is 1.17. The molecule has 1 heterocycles. The van der Waals surface area contributed by atoms with Crippen molar-refractivity contribution in [1.82, 2.24) is 4.98 Å². The number of aliphatic carboxylic acids is 1. The van der Waals surface area contributed by atoms with E-state index >= 15 is 4.39 Å². The van der Waals surface area contributed by atoms with Gasteiger partial charge in [-0.2, -0.15) is 0 Å². The van der Waals surface area contributed by atoms with E-state index in [1.807, 2.05) is 13.8 Å². The second-order valence-corrected chi connectivity index (χ2v) is 9.72. The fourth-order valence-electron chi connectivity index (χ4n) is 3.11. The Labute approximate surface area is 221 Å². The molecule has 1 aromatic heterocycles. The zero-order valence-corrected chi connectivity index (χ0v) is 21.9. The number of carboxylic acids is 1. The van der Waals surface area contributed by atoms with E-state index in [9.17, 15) is 9.59 Å². The number of aromatic nitrogens is 1. The molecule has 0 atom stereocenters. The third kappa shape index (κ3) is 6.82. The van der Waals surface area contributed by atoms with Crippen molar-refractivity contribution < 1.29 is 28.6 Å². The molecule has 36 heavy (non-hydrogen) atoms. The van der Waals surface area contributed by atoms with Crippen molar-refractivity contribution in [2.75, 3.05) is 19.0 Å². The van der Waals surface area contributed by atoms with Crippen LogP contribution in [0.15, 0.2) is 41.5 Å². The number of thiazole rings is 1. The maximum Gasteiger partial charge on any atom is 0.371 e. The Hall–Kier alpha value is -2.98. The van der Waals surface area contributed by atoms with Gasteiger partial charge in [-0.05, 0) is 30.2 Å². The first-order chi connectivity index (χ1) is 17.1. The molecular weight excluding hydrogens is 530 g/mol. The summed E-state index contributed by atoms with van der Waals surface area (Å²) >= 11 is 13.6. The van der Waals surface area contributed by atoms with Crippen molar-refractivity contribution in [2.24, 2.45) is 5.92 Å². The predicted octanol–water partition coefficient (Wildman–Crippen LogP) is 6.75. The van der Waals surface area contributed by atoms with Crippen molar-refractivity contribution in [3.63, 3.8) is 0 Å². The second kappa shape index (κ2) is 12.3. The zero-order valence-electron chi connectivity index (χ0n) is 19.6. The molecule has 190 valence electrons. The molecule has 11 heteroatoms. The van der Waals surface area contributed by atoms with Gasteiger partial charge in [-0.15, -0.1) is 11.3 Å². The number of anilines is 1. The topological polar surface area (TPSA) is 97.8 Å². The van der Waals surface area contributed by atoms with E-state index in [1.165, 1.54) is 25.3 Å². The van der Waals surface area contributed by atoms with Crippen LogP contribution < -0.4 is 5.32 Å². The van der Waals surface area contributed by atoms with E-state index in [0.717, 1.165) is 11.3 Å². The van der Waals surface area contributed by atoms with Gasteiger partial charge in [-0.3, -0.25) is 10.1 Å². The average molecular weight is 553 g/mol. The highest BCUT2D eigenvalue weighted by Gasteiger charge is 2.18. The molecule has 0 fully saturated rings. The number of carbonyl (C=O) groups excluding carboxylic acids is 1. The van der Waals surface area contributed by atoms with Crippen LogP contribution in [0.5, 0.6) is 0 Å². The lowest BCUT2D eigenvalue weighted by atomic mass is 10.1. The molecule has 2 N–H and O–H groups in total. The van der Waals surface area contributed by atoms with E-state index in [-0.39, 0.29) is 38.7 Å². The molecule has 3 aromatic rings. The van der Waals surface area contributed by atoms with Gasteiger partial charge in [0.15, 0.2) is 5.13 Å². The lowest BCUT2D eigenvalue weighted by Gasteiger charge is -2.09. The molecule has 7 nitrogen and oxygen atoms in total. The summed E-state index contributed by atoms with van der Waals surface area (Å²) < 4.78 is 25.4. The van der Waals surface area contributed by atoms with Crippen LogP contribution in [0.1, 0.15) is 35.3 Å². The summed E-state index contributed by atoms with van der Waals surface area (Å²) in [4.78, 5) is 28.3. The van der Waals surface area contributed by atoms with Gasteiger partial charge in [0, 0.05) is 34.2 Å². The van der Waals surface area contributed by atoms with E-state index in [0.29, 0.717) is 29.3 Å². The average Bonchev–Trinajstić information content (AvgIpc) is 3.27. The molecule has 2 aromatic carbocycles. The molecule has 0 unspecified atom stereocenters. The molecule has 0 radical (unpaired) electrons. The van der Waals surface area contributed by atoms with Gasteiger partial charge >= 0.3 is 5.97 Å². The minimum Gasteiger partial charge on any atom is -0.490 e. The van der Waals surface area contributed by atoms with Crippen LogP contribution in [0.3, 0.4) is 0 Å². The van der Waals surface area contributed by atoms with Crippen LogP contribution >= 0.6 is 34.5 Å². The third-order valence-corrected chi connectivity index (χ3v) is 6.22. The Kier molecular flexibility index (Phi) is 9.44. The number of hydrogen-bond acceptors (Lipinski definition) is 6. The van der Waals surface area contributed by atoms with Crippen molar-refractivity contribution >= 4 is 57.6 Å². The highest BCUT2D eigenvalue weighted by Crippen LogP contribution is 2.31. The van der Waals surface area contributed by atoms with E-state index in [1.54, 1.807) is 23.6 Å². The molecule has 3 rings (SSSR count). The summed E-state index contributed by atoms with van der Waals surface area (Å²) in [6, 6.07) is 7.69. The number of amides is 1. The molecule has 0 aliphatic carbocycles. The predicted molar refractivity (Wildman–Crippen MR) is 139 cm³/mol. The number of nitrogens with one attached hydrogen (secondary N) is 1. The smallest absolute Gasteiger partial charge is 0.371 e. The first kappa shape index (κ1) is 27.6. The molecule has 0 aliphatic rings. The minimum atomic E-state index is -1.30. The Morgan fingerprint density at radius 3 is 2.56 bits per heavy atom. The maximum absolute atomic E-state index is 15.0. The van der Waals surface area contributed by atoms with E-state index in [4.69, 9.17) is 37.8 Å². The first-order valence-electron chi connectivity index (χ1n) is 10.7. The largest absolute Gasteiger partial charge is 0.490 e. The lowest BCUT2D eigenvalue weighted by molar-refractivity contribution is -0.135. The van der Waals surface area contributed by atoms with Crippen molar-refractivity contribution in [1.29, 1.82) is 0 Å². The summed E-state index contributed by atoms with van der Waals surface area (Å²) in [5.74, 6) is -2.30. The standard InChI is InChI=1S/C25H23Cl2FN2O5S/c1-13(2)10-35-11-14-5-4-6-16(22(14)28)20-12-36-25(29-20)30-23(31)15-7-18(26)17(19(27)8-15)9-21(34-3)24(32)33/h4-9,12-13H,10-11H2,1-3H3,(H,32,33)(H,29,30,31)/b21-9-. The van der Waals surface area contributed by atoms with Crippen molar-refractivity contribution in [3.8, 4) is 11.3 Å². The van der Waals surface area contributed by atoms with Gasteiger partial charge in [0.1, 0.15) is 5.82 Å². The summed E-state index contributed by atoms with van der Waals surface area (Å²) in [6.45, 7) is 4.70. The Morgan fingerprint density at radius 1 is 1.25 bits per heavy atom. The van der Waals surface area contributed by atoms with Gasteiger partial charge in [-0.1, -0.05) is 49.2 Å². The van der Waals surface area contributed by atoms with Crippen LogP contribution in [0.2, 0.25) is 10.0 Å². The normalized spacial score (nSPS) is 11.6. The number of carboxylic acid groups (broad SMARTS) is 1. The number of carbonyl (C=O) groups is 2. The highest BCUT2D eigenvalue weighted by atomic mass is 35.5. The molecule has 1 amide bonds. The maximum atomic E-state index is 15.0. The first-order valence-corrected chi connectivity index (χ1v) is 12.3. The number of ether oxygens (including phenoxy) is 2. The number of benzene rings is 2. The fraction of sp³-hybridized carbons (Fsp3) is 0.240. The third-order valence-electron chi connectivity index (χ3n) is 4.84. The molecule has 0 saturated heterocycles. The van der Waals surface area contributed by atoms with Crippen molar-refractivity contribution in [3.05, 3.63) is 74.0 Å². The molecule has 0 bridgehead atoms. The molecule has 0 spiro atoms. The van der Waals surface area contributed by atoms with Crippen LogP contribution in [0, 0.1) is 11.7 Å². The summed E-state index contributed by atoms with van der Waals surface area (Å²) in [7, 11) is 1.20. The van der Waals surface area contributed by atoms with Gasteiger partial charge in [0.2, 0.25) is 5.76 Å². The molecular formula is C25H23Cl2FN2O5S. The van der Waals surface area contributed by atoms with Gasteiger partial charge in [-0.25, -0.2) is 14.2 Å². The van der Waals surface area contributed by atoms with Gasteiger partial charge in [0.25, 0.3) is 5.91 Å². The monoisotopic (exact) mass is 552 g/mol. The van der Waals surface area contributed by atoms with Crippen LogP contribution in [0.25, 0.3) is 17.3 Å². The van der Waals surface area contributed by atoms with Crippen LogP contribution in [-0.2, 0) is 20.9 Å². The molecule has 0 aliphatic heterocycles. The Bertz CT molecular complexity index is 1290. The number of halogens is 3. The second-order valence-electron chi connectivity index (χ2n) is 8.05.